The molecule has 1 aliphatic carbocycles. The van der Waals surface area contributed by atoms with Crippen LogP contribution < -0.4 is 11.1 Å². The third kappa shape index (κ3) is 2.30. The van der Waals surface area contributed by atoms with E-state index in [1.807, 2.05) is 13.0 Å². The van der Waals surface area contributed by atoms with Gasteiger partial charge in [-0.1, -0.05) is 18.0 Å². The van der Waals surface area contributed by atoms with E-state index in [2.05, 4.69) is 10.3 Å². The molecule has 1 heterocycles. The zero-order valence-corrected chi connectivity index (χ0v) is 10.3. The van der Waals surface area contributed by atoms with Gasteiger partial charge in [0.15, 0.2) is 0 Å². The Morgan fingerprint density at radius 1 is 1.56 bits per heavy atom. The molecule has 0 radical (unpaired) electrons. The fraction of sp³-hybridized carbons (Fsp3) is 0.583. The fourth-order valence-corrected chi connectivity index (χ4v) is 2.53. The van der Waals surface area contributed by atoms with Gasteiger partial charge in [0.25, 0.3) is 0 Å². The van der Waals surface area contributed by atoms with Gasteiger partial charge in [0.1, 0.15) is 0 Å². The Kier molecular flexibility index (Phi) is 3.66. The van der Waals surface area contributed by atoms with Gasteiger partial charge in [-0.05, 0) is 38.3 Å². The van der Waals surface area contributed by atoms with Crippen LogP contribution in [0.2, 0.25) is 5.02 Å². The molecule has 16 heavy (non-hydrogen) atoms. The monoisotopic (exact) mass is 239 g/mol. The predicted molar refractivity (Wildman–Crippen MR) is 67.8 cm³/mol. The van der Waals surface area contributed by atoms with Crippen molar-refractivity contribution < 1.29 is 0 Å². The lowest BCUT2D eigenvalue weighted by Crippen LogP contribution is -2.29. The third-order valence-electron chi connectivity index (χ3n) is 3.37. The summed E-state index contributed by atoms with van der Waals surface area (Å²) in [5, 5.41) is 4.23. The molecular formula is C12H18ClN3. The van der Waals surface area contributed by atoms with E-state index in [0.29, 0.717) is 12.0 Å². The SMILES string of the molecule is Cc1nccc(NC2CCCC2CN)c1Cl. The second-order valence-electron chi connectivity index (χ2n) is 4.44. The summed E-state index contributed by atoms with van der Waals surface area (Å²) in [6.45, 7) is 2.67. The molecule has 1 aliphatic rings. The van der Waals surface area contributed by atoms with Crippen LogP contribution in [0.4, 0.5) is 5.69 Å². The predicted octanol–water partition coefficient (Wildman–Crippen LogP) is 2.58. The second kappa shape index (κ2) is 5.02. The smallest absolute Gasteiger partial charge is 0.0849 e. The van der Waals surface area contributed by atoms with Crippen molar-refractivity contribution in [1.82, 2.24) is 4.98 Å². The molecule has 0 amide bonds. The van der Waals surface area contributed by atoms with Crippen molar-refractivity contribution in [3.8, 4) is 0 Å². The van der Waals surface area contributed by atoms with E-state index in [4.69, 9.17) is 17.3 Å². The normalized spacial score (nSPS) is 24.7. The first-order chi connectivity index (χ1) is 7.72. The van der Waals surface area contributed by atoms with Gasteiger partial charge in [-0.3, -0.25) is 4.98 Å². The number of aromatic nitrogens is 1. The van der Waals surface area contributed by atoms with Crippen molar-refractivity contribution in [3.63, 3.8) is 0 Å². The highest BCUT2D eigenvalue weighted by Crippen LogP contribution is 2.31. The summed E-state index contributed by atoms with van der Waals surface area (Å²) in [6, 6.07) is 2.39. The largest absolute Gasteiger partial charge is 0.381 e. The van der Waals surface area contributed by atoms with Crippen LogP contribution in [0.3, 0.4) is 0 Å². The molecule has 0 aliphatic heterocycles. The molecular weight excluding hydrogens is 222 g/mol. The Hall–Kier alpha value is -0.800. The van der Waals surface area contributed by atoms with Crippen molar-refractivity contribution in [2.45, 2.75) is 32.2 Å². The second-order valence-corrected chi connectivity index (χ2v) is 4.81. The minimum Gasteiger partial charge on any atom is -0.381 e. The van der Waals surface area contributed by atoms with Crippen molar-refractivity contribution in [3.05, 3.63) is 23.0 Å². The average Bonchev–Trinajstić information content (AvgIpc) is 2.72. The number of aryl methyl sites for hydroxylation is 1. The van der Waals surface area contributed by atoms with Crippen molar-refractivity contribution >= 4 is 17.3 Å². The molecule has 1 saturated carbocycles. The quantitative estimate of drug-likeness (QED) is 0.853. The molecule has 3 N–H and O–H groups in total. The molecule has 0 bridgehead atoms. The number of nitrogens with two attached hydrogens (primary N) is 1. The average molecular weight is 240 g/mol. The number of halogens is 1. The third-order valence-corrected chi connectivity index (χ3v) is 3.84. The number of anilines is 1. The summed E-state index contributed by atoms with van der Waals surface area (Å²) < 4.78 is 0. The molecule has 1 aromatic rings. The van der Waals surface area contributed by atoms with Gasteiger partial charge >= 0.3 is 0 Å². The van der Waals surface area contributed by atoms with Crippen LogP contribution in [0.15, 0.2) is 12.3 Å². The van der Waals surface area contributed by atoms with Crippen LogP contribution in [0.5, 0.6) is 0 Å². The van der Waals surface area contributed by atoms with Gasteiger partial charge in [0, 0.05) is 12.2 Å². The minimum atomic E-state index is 0.462. The molecule has 2 rings (SSSR count). The van der Waals surface area contributed by atoms with E-state index >= 15 is 0 Å². The van der Waals surface area contributed by atoms with E-state index < -0.39 is 0 Å². The minimum absolute atomic E-state index is 0.462. The molecule has 1 aromatic heterocycles. The first-order valence-corrected chi connectivity index (χ1v) is 6.18. The van der Waals surface area contributed by atoms with E-state index in [-0.39, 0.29) is 0 Å². The summed E-state index contributed by atoms with van der Waals surface area (Å²) in [5.41, 5.74) is 7.62. The maximum atomic E-state index is 6.21. The molecule has 2 unspecified atom stereocenters. The molecule has 1 fully saturated rings. The van der Waals surface area contributed by atoms with Crippen LogP contribution in [-0.2, 0) is 0 Å². The Morgan fingerprint density at radius 3 is 3.12 bits per heavy atom. The molecule has 0 aromatic carbocycles. The summed E-state index contributed by atoms with van der Waals surface area (Å²) in [7, 11) is 0. The van der Waals surface area contributed by atoms with E-state index in [1.54, 1.807) is 6.20 Å². The highest BCUT2D eigenvalue weighted by atomic mass is 35.5. The zero-order valence-electron chi connectivity index (χ0n) is 9.54. The van der Waals surface area contributed by atoms with E-state index in [0.717, 1.165) is 22.9 Å². The van der Waals surface area contributed by atoms with Gasteiger partial charge in [-0.25, -0.2) is 0 Å². The Bertz CT molecular complexity index is 367. The van der Waals surface area contributed by atoms with Crippen molar-refractivity contribution in [2.24, 2.45) is 11.7 Å². The Labute approximate surface area is 101 Å². The topological polar surface area (TPSA) is 50.9 Å². The lowest BCUT2D eigenvalue weighted by Gasteiger charge is -2.21. The number of pyridine rings is 1. The zero-order chi connectivity index (χ0) is 11.5. The van der Waals surface area contributed by atoms with Gasteiger partial charge < -0.3 is 11.1 Å². The lowest BCUT2D eigenvalue weighted by molar-refractivity contribution is 0.516. The van der Waals surface area contributed by atoms with E-state index in [1.165, 1.54) is 19.3 Å². The molecule has 4 heteroatoms. The van der Waals surface area contributed by atoms with Crippen molar-refractivity contribution in [1.29, 1.82) is 0 Å². The van der Waals surface area contributed by atoms with Crippen LogP contribution in [-0.4, -0.2) is 17.6 Å². The highest BCUT2D eigenvalue weighted by molar-refractivity contribution is 6.33. The summed E-state index contributed by atoms with van der Waals surface area (Å²) in [4.78, 5) is 4.16. The number of nitrogens with one attached hydrogen (secondary N) is 1. The number of hydrogen-bond donors (Lipinski definition) is 2. The number of rotatable bonds is 3. The number of nitrogens with zero attached hydrogens (tertiary/aromatic N) is 1. The summed E-state index contributed by atoms with van der Waals surface area (Å²) in [6.07, 6.45) is 5.44. The standard InChI is InChI=1S/C12H18ClN3/c1-8-12(13)11(5-6-15-8)16-10-4-2-3-9(10)7-14/h5-6,9-10H,2-4,7,14H2,1H3,(H,15,16). The molecule has 3 nitrogen and oxygen atoms in total. The summed E-state index contributed by atoms with van der Waals surface area (Å²) >= 11 is 6.21. The molecule has 88 valence electrons. The van der Waals surface area contributed by atoms with Crippen LogP contribution in [0.25, 0.3) is 0 Å². The van der Waals surface area contributed by atoms with Gasteiger partial charge in [-0.15, -0.1) is 0 Å². The van der Waals surface area contributed by atoms with Gasteiger partial charge in [0.2, 0.25) is 0 Å². The first kappa shape index (κ1) is 11.7. The summed E-state index contributed by atoms with van der Waals surface area (Å²) in [5.74, 6) is 0.574. The Balaban J connectivity index is 2.11. The fourth-order valence-electron chi connectivity index (χ4n) is 2.37. The molecule has 0 saturated heterocycles. The maximum absolute atomic E-state index is 6.21. The van der Waals surface area contributed by atoms with Crippen molar-refractivity contribution in [2.75, 3.05) is 11.9 Å². The number of hydrogen-bond acceptors (Lipinski definition) is 3. The molecule has 0 spiro atoms. The van der Waals surface area contributed by atoms with Gasteiger partial charge in [0.05, 0.1) is 16.4 Å². The molecule has 2 atom stereocenters. The van der Waals surface area contributed by atoms with Gasteiger partial charge in [-0.2, -0.15) is 0 Å². The van der Waals surface area contributed by atoms with Crippen LogP contribution in [0, 0.1) is 12.8 Å². The highest BCUT2D eigenvalue weighted by Gasteiger charge is 2.26. The van der Waals surface area contributed by atoms with E-state index in [9.17, 15) is 0 Å². The lowest BCUT2D eigenvalue weighted by atomic mass is 10.0. The Morgan fingerprint density at radius 2 is 2.38 bits per heavy atom. The van der Waals surface area contributed by atoms with Crippen LogP contribution >= 0.6 is 11.6 Å². The van der Waals surface area contributed by atoms with Crippen LogP contribution in [0.1, 0.15) is 25.0 Å². The first-order valence-electron chi connectivity index (χ1n) is 5.80. The maximum Gasteiger partial charge on any atom is 0.0849 e.